The average Bonchev–Trinajstić information content (AvgIpc) is 3.15. The number of nitrogens with one attached hydrogen (secondary N) is 1. The predicted molar refractivity (Wildman–Crippen MR) is 108 cm³/mol. The van der Waals surface area contributed by atoms with Gasteiger partial charge in [0.25, 0.3) is 0 Å². The van der Waals surface area contributed by atoms with Crippen LogP contribution in [0.3, 0.4) is 0 Å². The Hall–Kier alpha value is -3.18. The van der Waals surface area contributed by atoms with E-state index in [2.05, 4.69) is 20.3 Å². The van der Waals surface area contributed by atoms with E-state index < -0.39 is 10.7 Å². The molecule has 0 bridgehead atoms. The van der Waals surface area contributed by atoms with Crippen molar-refractivity contribution in [2.45, 2.75) is 51.2 Å². The zero-order chi connectivity index (χ0) is 21.5. The molecule has 162 valence electrons. The van der Waals surface area contributed by atoms with Crippen LogP contribution in [0.2, 0.25) is 0 Å². The van der Waals surface area contributed by atoms with E-state index in [-0.39, 0.29) is 36.0 Å². The van der Waals surface area contributed by atoms with Gasteiger partial charge in [-0.25, -0.2) is 19.3 Å². The lowest BCUT2D eigenvalue weighted by Gasteiger charge is -2.41. The monoisotopic (exact) mass is 428 g/mol. The highest BCUT2D eigenvalue weighted by atomic mass is 19.1. The Morgan fingerprint density at radius 2 is 1.97 bits per heavy atom. The summed E-state index contributed by atoms with van der Waals surface area (Å²) in [5.41, 5.74) is 0.774. The maximum atomic E-state index is 13.7. The maximum absolute atomic E-state index is 13.7. The number of imidazole rings is 1. The lowest BCUT2D eigenvalue weighted by atomic mass is 9.85. The Balaban J connectivity index is 1.37. The van der Waals surface area contributed by atoms with Crippen LogP contribution >= 0.6 is 0 Å². The molecule has 1 N–H and O–H groups in total. The van der Waals surface area contributed by atoms with E-state index in [1.807, 2.05) is 6.92 Å². The molecule has 31 heavy (non-hydrogen) atoms. The van der Waals surface area contributed by atoms with Crippen LogP contribution in [0.25, 0.3) is 17.2 Å². The van der Waals surface area contributed by atoms with Crippen LogP contribution in [-0.4, -0.2) is 42.9 Å². The van der Waals surface area contributed by atoms with Gasteiger partial charge in [0.15, 0.2) is 18.4 Å². The summed E-state index contributed by atoms with van der Waals surface area (Å²) in [5.74, 6) is 0.274. The molecule has 1 aliphatic heterocycles. The molecule has 0 aromatic carbocycles. The summed E-state index contributed by atoms with van der Waals surface area (Å²) in [6, 6.07) is 2.89. The van der Waals surface area contributed by atoms with Gasteiger partial charge < -0.3 is 14.8 Å². The quantitative estimate of drug-likeness (QED) is 0.485. The molecular formula is C20H21FN6O4. The van der Waals surface area contributed by atoms with Gasteiger partial charge in [0.2, 0.25) is 5.82 Å². The predicted octanol–water partition coefficient (Wildman–Crippen LogP) is 3.53. The number of pyridine rings is 1. The van der Waals surface area contributed by atoms with E-state index >= 15 is 0 Å². The van der Waals surface area contributed by atoms with E-state index in [4.69, 9.17) is 9.47 Å². The van der Waals surface area contributed by atoms with Crippen molar-refractivity contribution in [3.05, 3.63) is 46.7 Å². The molecule has 1 aliphatic carbocycles. The first-order valence-corrected chi connectivity index (χ1v) is 10.2. The van der Waals surface area contributed by atoms with E-state index in [1.165, 1.54) is 35.1 Å². The van der Waals surface area contributed by atoms with Crippen LogP contribution in [0.1, 0.15) is 32.6 Å². The number of nitrogens with zero attached hydrogens (tertiary/aromatic N) is 5. The first-order valence-electron chi connectivity index (χ1n) is 10.2. The van der Waals surface area contributed by atoms with Crippen LogP contribution in [0.5, 0.6) is 0 Å². The van der Waals surface area contributed by atoms with Crippen molar-refractivity contribution in [2.75, 3.05) is 5.32 Å². The summed E-state index contributed by atoms with van der Waals surface area (Å²) in [4.78, 5) is 23.8. The summed E-state index contributed by atoms with van der Waals surface area (Å²) in [6.45, 7) is 1.87. The normalized spacial score (nSPS) is 25.9. The minimum Gasteiger partial charge on any atom is -0.361 e. The second kappa shape index (κ2) is 7.82. The highest BCUT2D eigenvalue weighted by Crippen LogP contribution is 2.36. The molecule has 0 spiro atoms. The number of hydrogen-bond acceptors (Lipinski definition) is 8. The van der Waals surface area contributed by atoms with Gasteiger partial charge in [0.1, 0.15) is 23.4 Å². The molecular weight excluding hydrogens is 407 g/mol. The third-order valence-electron chi connectivity index (χ3n) is 5.81. The number of halogens is 1. The Bertz CT molecular complexity index is 1120. The van der Waals surface area contributed by atoms with E-state index in [9.17, 15) is 14.5 Å². The SMILES string of the molecule is CC1OC(C2CCC(Nc3nc(-c4cnc5ccc(F)cn45)ncc3[N+](=O)[O-])CC2)O1. The fourth-order valence-corrected chi connectivity index (χ4v) is 4.20. The van der Waals surface area contributed by atoms with Crippen molar-refractivity contribution >= 4 is 17.2 Å². The van der Waals surface area contributed by atoms with Gasteiger partial charge in [0, 0.05) is 18.2 Å². The molecule has 11 heteroatoms. The summed E-state index contributed by atoms with van der Waals surface area (Å²) in [7, 11) is 0. The Morgan fingerprint density at radius 1 is 1.19 bits per heavy atom. The molecule has 4 heterocycles. The van der Waals surface area contributed by atoms with Crippen molar-refractivity contribution in [3.8, 4) is 11.5 Å². The molecule has 0 atom stereocenters. The molecule has 1 saturated heterocycles. The molecule has 0 unspecified atom stereocenters. The van der Waals surface area contributed by atoms with Gasteiger partial charge in [0.05, 0.1) is 11.1 Å². The van der Waals surface area contributed by atoms with Crippen molar-refractivity contribution in [1.29, 1.82) is 0 Å². The number of rotatable bonds is 5. The lowest BCUT2D eigenvalue weighted by molar-refractivity contribution is -0.394. The van der Waals surface area contributed by atoms with Gasteiger partial charge in [-0.3, -0.25) is 14.5 Å². The van der Waals surface area contributed by atoms with Crippen LogP contribution in [0.15, 0.2) is 30.7 Å². The largest absolute Gasteiger partial charge is 0.361 e. The summed E-state index contributed by atoms with van der Waals surface area (Å²) in [5, 5.41) is 14.7. The standard InChI is InChI=1S/C20H21FN6O4/c1-11-30-20(31-11)12-2-5-14(6-3-12)24-19-16(27(28)29)9-23-18(25-19)15-8-22-17-7-4-13(21)10-26(15)17/h4,7-12,14,20H,2-3,5-6H2,1H3,(H,23,24,25). The van der Waals surface area contributed by atoms with Crippen LogP contribution in [0.4, 0.5) is 15.9 Å². The maximum Gasteiger partial charge on any atom is 0.329 e. The number of aromatic nitrogens is 4. The Labute approximate surface area is 176 Å². The molecule has 1 saturated carbocycles. The van der Waals surface area contributed by atoms with E-state index in [0.29, 0.717) is 17.3 Å². The minimum absolute atomic E-state index is 0.0369. The van der Waals surface area contributed by atoms with Crippen molar-refractivity contribution in [1.82, 2.24) is 19.4 Å². The number of anilines is 1. The average molecular weight is 428 g/mol. The Kier molecular flexibility index (Phi) is 4.98. The van der Waals surface area contributed by atoms with Crippen molar-refractivity contribution in [3.63, 3.8) is 0 Å². The molecule has 3 aromatic heterocycles. The summed E-state index contributed by atoms with van der Waals surface area (Å²) in [6.07, 6.45) is 7.11. The van der Waals surface area contributed by atoms with E-state index in [1.54, 1.807) is 0 Å². The second-order valence-electron chi connectivity index (χ2n) is 7.87. The molecule has 3 aromatic rings. The van der Waals surface area contributed by atoms with Crippen LogP contribution < -0.4 is 5.32 Å². The molecule has 2 fully saturated rings. The van der Waals surface area contributed by atoms with Crippen LogP contribution in [-0.2, 0) is 9.47 Å². The second-order valence-corrected chi connectivity index (χ2v) is 7.87. The third kappa shape index (κ3) is 3.81. The smallest absolute Gasteiger partial charge is 0.329 e. The summed E-state index contributed by atoms with van der Waals surface area (Å²) < 4.78 is 26.4. The minimum atomic E-state index is -0.511. The van der Waals surface area contributed by atoms with Crippen molar-refractivity contribution in [2.24, 2.45) is 5.92 Å². The lowest BCUT2D eigenvalue weighted by Crippen LogP contribution is -2.45. The van der Waals surface area contributed by atoms with Gasteiger partial charge in [-0.2, -0.15) is 0 Å². The molecule has 0 amide bonds. The molecule has 10 nitrogen and oxygen atoms in total. The zero-order valence-corrected chi connectivity index (χ0v) is 16.8. The molecule has 2 aliphatic rings. The van der Waals surface area contributed by atoms with Gasteiger partial charge >= 0.3 is 5.69 Å². The first-order chi connectivity index (χ1) is 15.0. The van der Waals surface area contributed by atoms with Crippen LogP contribution in [0, 0.1) is 21.8 Å². The summed E-state index contributed by atoms with van der Waals surface area (Å²) >= 11 is 0. The fraction of sp³-hybridized carbons (Fsp3) is 0.450. The van der Waals surface area contributed by atoms with Gasteiger partial charge in [-0.05, 0) is 44.7 Å². The molecule has 5 rings (SSSR count). The number of hydrogen-bond donors (Lipinski definition) is 1. The van der Waals surface area contributed by atoms with Gasteiger partial charge in [-0.15, -0.1) is 0 Å². The zero-order valence-electron chi connectivity index (χ0n) is 16.8. The Morgan fingerprint density at radius 3 is 2.68 bits per heavy atom. The first kappa shape index (κ1) is 19.8. The number of fused-ring (bicyclic) bond motifs is 1. The topological polar surface area (TPSA) is 117 Å². The highest BCUT2D eigenvalue weighted by Gasteiger charge is 2.37. The fourth-order valence-electron chi connectivity index (χ4n) is 4.20. The van der Waals surface area contributed by atoms with Crippen molar-refractivity contribution < 1.29 is 18.8 Å². The van der Waals surface area contributed by atoms with Gasteiger partial charge in [-0.1, -0.05) is 0 Å². The number of ether oxygens (including phenoxy) is 2. The third-order valence-corrected chi connectivity index (χ3v) is 5.81. The molecule has 0 radical (unpaired) electrons. The number of nitro groups is 1. The highest BCUT2D eigenvalue weighted by molar-refractivity contribution is 5.63. The van der Waals surface area contributed by atoms with E-state index in [0.717, 1.165) is 25.7 Å².